The largest absolute Gasteiger partial charge is 0.492 e. The van der Waals surface area contributed by atoms with Crippen LogP contribution in [0.1, 0.15) is 17.3 Å². The second-order valence-electron chi connectivity index (χ2n) is 3.09. The van der Waals surface area contributed by atoms with E-state index >= 15 is 0 Å². The lowest BCUT2D eigenvalue weighted by molar-refractivity contribution is 0.101. The lowest BCUT2D eigenvalue weighted by atomic mass is 10.1. The van der Waals surface area contributed by atoms with Crippen molar-refractivity contribution in [1.82, 2.24) is 0 Å². The zero-order valence-electron chi connectivity index (χ0n) is 8.65. The van der Waals surface area contributed by atoms with Crippen molar-refractivity contribution >= 4 is 15.8 Å². The highest BCUT2D eigenvalue weighted by Crippen LogP contribution is 2.27. The molecule has 0 saturated heterocycles. The quantitative estimate of drug-likeness (QED) is 0.796. The van der Waals surface area contributed by atoms with E-state index in [2.05, 4.69) is 4.74 Å². The Bertz CT molecular complexity index is 539. The second-order valence-corrected chi connectivity index (χ2v) is 4.62. The molecule has 0 aliphatic heterocycles. The molecule has 0 bridgehead atoms. The third kappa shape index (κ3) is 2.37. The average molecular weight is 247 g/mol. The van der Waals surface area contributed by atoms with Crippen LogP contribution in [-0.4, -0.2) is 21.3 Å². The first-order valence-electron chi connectivity index (χ1n) is 4.18. The van der Waals surface area contributed by atoms with Crippen LogP contribution in [0.15, 0.2) is 17.0 Å². The Kier molecular flexibility index (Phi) is 3.30. The first-order chi connectivity index (χ1) is 7.27. The Morgan fingerprint density at radius 1 is 1.44 bits per heavy atom. The number of Topliss-reactive ketones (excluding diaryl/α,β-unsaturated/α-hetero) is 1. The van der Waals surface area contributed by atoms with E-state index in [1.54, 1.807) is 0 Å². The molecule has 0 aromatic heterocycles. The number of benzene rings is 1. The molecular formula is C9H10FNO4S. The van der Waals surface area contributed by atoms with E-state index in [9.17, 15) is 17.6 Å². The molecule has 0 aliphatic rings. The van der Waals surface area contributed by atoms with Crippen molar-refractivity contribution in [2.45, 2.75) is 11.8 Å². The Labute approximate surface area is 92.1 Å². The normalized spacial score (nSPS) is 11.2. The van der Waals surface area contributed by atoms with Gasteiger partial charge in [0.25, 0.3) is 0 Å². The molecule has 0 amide bonds. The van der Waals surface area contributed by atoms with Crippen LogP contribution in [0, 0.1) is 5.82 Å². The number of nitrogens with two attached hydrogens (primary N) is 1. The van der Waals surface area contributed by atoms with Gasteiger partial charge in [0.1, 0.15) is 4.90 Å². The number of ketones is 1. The fraction of sp³-hybridized carbons (Fsp3) is 0.222. The molecule has 0 atom stereocenters. The summed E-state index contributed by atoms with van der Waals surface area (Å²) in [7, 11) is -3.03. The van der Waals surface area contributed by atoms with E-state index in [-0.39, 0.29) is 5.56 Å². The number of halogens is 1. The van der Waals surface area contributed by atoms with E-state index in [1.807, 2.05) is 0 Å². The number of ether oxygens (including phenoxy) is 1. The predicted octanol–water partition coefficient (Wildman–Crippen LogP) is 0.684. The molecule has 88 valence electrons. The lowest BCUT2D eigenvalue weighted by Crippen LogP contribution is -2.15. The number of methoxy groups -OCH3 is 1. The summed E-state index contributed by atoms with van der Waals surface area (Å²) in [6.07, 6.45) is 0. The van der Waals surface area contributed by atoms with Crippen molar-refractivity contribution < 1.29 is 22.3 Å². The highest BCUT2D eigenvalue weighted by Gasteiger charge is 2.21. The Morgan fingerprint density at radius 2 is 2.00 bits per heavy atom. The molecule has 1 rings (SSSR count). The van der Waals surface area contributed by atoms with Gasteiger partial charge in [-0.3, -0.25) is 4.79 Å². The molecule has 0 aliphatic carbocycles. The molecular weight excluding hydrogens is 237 g/mol. The summed E-state index contributed by atoms with van der Waals surface area (Å²) < 4.78 is 40.3. The summed E-state index contributed by atoms with van der Waals surface area (Å²) >= 11 is 0. The van der Waals surface area contributed by atoms with Crippen LogP contribution in [0.25, 0.3) is 0 Å². The first kappa shape index (κ1) is 12.6. The predicted molar refractivity (Wildman–Crippen MR) is 54.3 cm³/mol. The number of primary sulfonamides is 1. The van der Waals surface area contributed by atoms with E-state index < -0.39 is 32.3 Å². The van der Waals surface area contributed by atoms with Gasteiger partial charge in [-0.25, -0.2) is 17.9 Å². The van der Waals surface area contributed by atoms with Gasteiger partial charge in [-0.2, -0.15) is 0 Å². The highest BCUT2D eigenvalue weighted by molar-refractivity contribution is 7.89. The number of rotatable bonds is 3. The molecule has 16 heavy (non-hydrogen) atoms. The summed E-state index contributed by atoms with van der Waals surface area (Å²) in [6, 6.07) is 1.88. The van der Waals surface area contributed by atoms with Crippen LogP contribution in [0.2, 0.25) is 0 Å². The van der Waals surface area contributed by atoms with Gasteiger partial charge in [0.05, 0.1) is 7.11 Å². The zero-order chi connectivity index (χ0) is 12.5. The maximum Gasteiger partial charge on any atom is 0.241 e. The molecule has 0 fully saturated rings. The molecule has 0 heterocycles. The van der Waals surface area contributed by atoms with Crippen molar-refractivity contribution in [3.05, 3.63) is 23.5 Å². The van der Waals surface area contributed by atoms with Gasteiger partial charge in [0.15, 0.2) is 17.3 Å². The summed E-state index contributed by atoms with van der Waals surface area (Å²) in [6.45, 7) is 1.19. The number of hydrogen-bond donors (Lipinski definition) is 1. The number of carbonyl (C=O) groups excluding carboxylic acids is 1. The summed E-state index contributed by atoms with van der Waals surface area (Å²) in [5, 5.41) is 4.89. The zero-order valence-corrected chi connectivity index (χ0v) is 9.47. The summed E-state index contributed by atoms with van der Waals surface area (Å²) in [4.78, 5) is 10.5. The van der Waals surface area contributed by atoms with Crippen LogP contribution in [-0.2, 0) is 10.0 Å². The molecule has 0 radical (unpaired) electrons. The van der Waals surface area contributed by atoms with Crippen molar-refractivity contribution in [3.63, 3.8) is 0 Å². The van der Waals surface area contributed by atoms with E-state index in [0.717, 1.165) is 19.2 Å². The molecule has 5 nitrogen and oxygen atoms in total. The smallest absolute Gasteiger partial charge is 0.241 e. The Morgan fingerprint density at radius 3 is 2.38 bits per heavy atom. The Hall–Kier alpha value is -1.47. The van der Waals surface area contributed by atoms with Crippen molar-refractivity contribution in [1.29, 1.82) is 0 Å². The van der Waals surface area contributed by atoms with Crippen LogP contribution >= 0.6 is 0 Å². The van der Waals surface area contributed by atoms with Gasteiger partial charge in [-0.1, -0.05) is 0 Å². The molecule has 7 heteroatoms. The minimum Gasteiger partial charge on any atom is -0.492 e. The lowest BCUT2D eigenvalue weighted by Gasteiger charge is -2.09. The fourth-order valence-electron chi connectivity index (χ4n) is 1.18. The third-order valence-electron chi connectivity index (χ3n) is 1.93. The van der Waals surface area contributed by atoms with Gasteiger partial charge >= 0.3 is 0 Å². The molecule has 0 saturated carbocycles. The SMILES string of the molecule is COc1c(F)cc(C(C)=O)cc1S(N)(=O)=O. The summed E-state index contributed by atoms with van der Waals surface area (Å²) in [5.74, 6) is -1.90. The second kappa shape index (κ2) is 4.18. The van der Waals surface area contributed by atoms with Crippen LogP contribution < -0.4 is 9.88 Å². The standard InChI is InChI=1S/C9H10FNO4S/c1-5(12)6-3-7(10)9(15-2)8(4-6)16(11,13)14/h3-4H,1-2H3,(H2,11,13,14). The number of hydrogen-bond acceptors (Lipinski definition) is 4. The molecule has 1 aromatic rings. The van der Waals surface area contributed by atoms with Gasteiger partial charge in [0, 0.05) is 5.56 Å². The topological polar surface area (TPSA) is 86.5 Å². The molecule has 1 aromatic carbocycles. The first-order valence-corrected chi connectivity index (χ1v) is 5.73. The third-order valence-corrected chi connectivity index (χ3v) is 2.84. The van der Waals surface area contributed by atoms with Crippen molar-refractivity contribution in [2.24, 2.45) is 5.14 Å². The molecule has 0 unspecified atom stereocenters. The number of carbonyl (C=O) groups is 1. The van der Waals surface area contributed by atoms with E-state index in [1.165, 1.54) is 6.92 Å². The minimum absolute atomic E-state index is 0.0812. The van der Waals surface area contributed by atoms with Gasteiger partial charge in [-0.05, 0) is 19.1 Å². The Balaban J connectivity index is 3.62. The fourth-order valence-corrected chi connectivity index (χ4v) is 1.91. The van der Waals surface area contributed by atoms with Crippen LogP contribution in [0.4, 0.5) is 4.39 Å². The van der Waals surface area contributed by atoms with E-state index in [4.69, 9.17) is 5.14 Å². The minimum atomic E-state index is -4.14. The average Bonchev–Trinajstić information content (AvgIpc) is 2.14. The van der Waals surface area contributed by atoms with Crippen molar-refractivity contribution in [3.8, 4) is 5.75 Å². The monoisotopic (exact) mass is 247 g/mol. The molecule has 2 N–H and O–H groups in total. The maximum atomic E-state index is 13.4. The maximum absolute atomic E-state index is 13.4. The number of sulfonamides is 1. The van der Waals surface area contributed by atoms with Gasteiger partial charge in [-0.15, -0.1) is 0 Å². The van der Waals surface area contributed by atoms with Crippen LogP contribution in [0.3, 0.4) is 0 Å². The van der Waals surface area contributed by atoms with E-state index in [0.29, 0.717) is 0 Å². The van der Waals surface area contributed by atoms with Crippen molar-refractivity contribution in [2.75, 3.05) is 7.11 Å². The van der Waals surface area contributed by atoms with Gasteiger partial charge < -0.3 is 4.74 Å². The molecule has 0 spiro atoms. The van der Waals surface area contributed by atoms with Gasteiger partial charge in [0.2, 0.25) is 10.0 Å². The van der Waals surface area contributed by atoms with Crippen LogP contribution in [0.5, 0.6) is 5.75 Å². The summed E-state index contributed by atoms with van der Waals surface area (Å²) in [5.41, 5.74) is -0.0812. The highest BCUT2D eigenvalue weighted by atomic mass is 32.2.